The van der Waals surface area contributed by atoms with Crippen molar-refractivity contribution in [3.05, 3.63) is 22.9 Å². The lowest BCUT2D eigenvalue weighted by molar-refractivity contribution is -0.276. The number of hydrogen-bond donors (Lipinski definition) is 1. The molecule has 0 bridgehead atoms. The zero-order valence-electron chi connectivity index (χ0n) is 9.34. The van der Waals surface area contributed by atoms with Crippen molar-refractivity contribution < 1.29 is 26.7 Å². The molecule has 1 aromatic rings. The molecular formula is C10H8F5N3O. The van der Waals surface area contributed by atoms with E-state index in [0.717, 1.165) is 0 Å². The van der Waals surface area contributed by atoms with Crippen LogP contribution in [0.2, 0.25) is 0 Å². The largest absolute Gasteiger partial charge is 0.574 e. The zero-order valence-corrected chi connectivity index (χ0v) is 9.34. The standard InChI is InChI=1S/C10H8F5N3O/c11-9(12)6-3-8(19-10(13,14)15)18-7(4-17)5(6)1-2-16/h3,9H,1,4,17H2. The second-order valence-electron chi connectivity index (χ2n) is 3.36. The topological polar surface area (TPSA) is 71.9 Å². The number of halogens is 5. The van der Waals surface area contributed by atoms with Crippen molar-refractivity contribution in [2.24, 2.45) is 5.73 Å². The summed E-state index contributed by atoms with van der Waals surface area (Å²) in [5.74, 6) is -1.02. The van der Waals surface area contributed by atoms with E-state index in [1.165, 1.54) is 0 Å². The van der Waals surface area contributed by atoms with Gasteiger partial charge in [-0.2, -0.15) is 5.26 Å². The quantitative estimate of drug-likeness (QED) is 0.860. The lowest BCUT2D eigenvalue weighted by atomic mass is 10.0. The highest BCUT2D eigenvalue weighted by atomic mass is 19.4. The van der Waals surface area contributed by atoms with Crippen LogP contribution in [0.25, 0.3) is 0 Å². The molecule has 0 radical (unpaired) electrons. The van der Waals surface area contributed by atoms with Gasteiger partial charge < -0.3 is 10.5 Å². The highest BCUT2D eigenvalue weighted by Crippen LogP contribution is 2.30. The lowest BCUT2D eigenvalue weighted by Crippen LogP contribution is -2.19. The molecule has 1 aromatic heterocycles. The molecule has 0 aliphatic heterocycles. The van der Waals surface area contributed by atoms with Gasteiger partial charge in [-0.3, -0.25) is 0 Å². The van der Waals surface area contributed by atoms with Crippen molar-refractivity contribution in [2.45, 2.75) is 25.8 Å². The molecule has 104 valence electrons. The molecule has 19 heavy (non-hydrogen) atoms. The van der Waals surface area contributed by atoms with E-state index in [9.17, 15) is 22.0 Å². The van der Waals surface area contributed by atoms with E-state index in [4.69, 9.17) is 11.0 Å². The maximum absolute atomic E-state index is 12.8. The van der Waals surface area contributed by atoms with Crippen LogP contribution in [0.5, 0.6) is 5.88 Å². The van der Waals surface area contributed by atoms with Crippen molar-refractivity contribution in [3.8, 4) is 11.9 Å². The lowest BCUT2D eigenvalue weighted by Gasteiger charge is -2.14. The molecule has 2 N–H and O–H groups in total. The summed E-state index contributed by atoms with van der Waals surface area (Å²) in [4.78, 5) is 3.39. The minimum Gasteiger partial charge on any atom is -0.388 e. The van der Waals surface area contributed by atoms with Gasteiger partial charge in [-0.1, -0.05) is 0 Å². The molecule has 0 saturated carbocycles. The summed E-state index contributed by atoms with van der Waals surface area (Å²) >= 11 is 0. The van der Waals surface area contributed by atoms with E-state index in [0.29, 0.717) is 6.07 Å². The van der Waals surface area contributed by atoms with Crippen LogP contribution in [0.4, 0.5) is 22.0 Å². The molecule has 0 fully saturated rings. The Balaban J connectivity index is 3.32. The molecule has 0 unspecified atom stereocenters. The fourth-order valence-corrected chi connectivity index (χ4v) is 1.44. The Labute approximate surface area is 104 Å². The Kier molecular flexibility index (Phi) is 4.61. The number of aromatic nitrogens is 1. The number of rotatable bonds is 4. The van der Waals surface area contributed by atoms with Gasteiger partial charge >= 0.3 is 6.36 Å². The van der Waals surface area contributed by atoms with Crippen LogP contribution in [0.3, 0.4) is 0 Å². The smallest absolute Gasteiger partial charge is 0.388 e. The Morgan fingerprint density at radius 3 is 2.47 bits per heavy atom. The van der Waals surface area contributed by atoms with Crippen molar-refractivity contribution >= 4 is 0 Å². The first-order valence-corrected chi connectivity index (χ1v) is 4.92. The summed E-state index contributed by atoms with van der Waals surface area (Å²) in [5.41, 5.74) is 4.09. The molecule has 0 saturated heterocycles. The molecule has 0 spiro atoms. The molecule has 4 nitrogen and oxygen atoms in total. The first-order valence-electron chi connectivity index (χ1n) is 4.92. The molecule has 0 atom stereocenters. The Hall–Kier alpha value is -1.95. The molecule has 1 rings (SSSR count). The Bertz CT molecular complexity index is 495. The van der Waals surface area contributed by atoms with E-state index in [1.807, 2.05) is 0 Å². The number of nitrogens with zero attached hydrogens (tertiary/aromatic N) is 2. The first-order chi connectivity index (χ1) is 8.78. The second-order valence-corrected chi connectivity index (χ2v) is 3.36. The van der Waals surface area contributed by atoms with E-state index in [-0.39, 0.29) is 17.8 Å². The van der Waals surface area contributed by atoms with Gasteiger partial charge in [0.15, 0.2) is 0 Å². The van der Waals surface area contributed by atoms with Crippen LogP contribution in [-0.2, 0) is 13.0 Å². The first kappa shape index (κ1) is 15.1. The van der Waals surface area contributed by atoms with E-state index < -0.39 is 30.7 Å². The van der Waals surface area contributed by atoms with Gasteiger partial charge in [0.25, 0.3) is 6.43 Å². The number of nitrogens with two attached hydrogens (primary N) is 1. The average Bonchev–Trinajstić information content (AvgIpc) is 2.28. The van der Waals surface area contributed by atoms with E-state index in [1.54, 1.807) is 6.07 Å². The second kappa shape index (κ2) is 5.79. The third-order valence-electron chi connectivity index (χ3n) is 2.13. The third kappa shape index (κ3) is 4.03. The average molecular weight is 281 g/mol. The molecule has 0 aromatic carbocycles. The minimum atomic E-state index is -5.05. The van der Waals surface area contributed by atoms with Gasteiger partial charge in [-0.05, 0) is 5.56 Å². The molecule has 9 heteroatoms. The van der Waals surface area contributed by atoms with Crippen LogP contribution in [0.1, 0.15) is 23.2 Å². The van der Waals surface area contributed by atoms with Gasteiger partial charge in [0.2, 0.25) is 5.88 Å². The van der Waals surface area contributed by atoms with Crippen molar-refractivity contribution in [3.63, 3.8) is 0 Å². The molecular weight excluding hydrogens is 273 g/mol. The summed E-state index contributed by atoms with van der Waals surface area (Å²) in [6.45, 7) is -0.383. The SMILES string of the molecule is N#CCc1c(C(F)F)cc(OC(F)(F)F)nc1CN. The summed E-state index contributed by atoms with van der Waals surface area (Å²) < 4.78 is 65.1. The number of ether oxygens (including phenoxy) is 1. The van der Waals surface area contributed by atoms with Crippen LogP contribution in [0.15, 0.2) is 6.07 Å². The number of alkyl halides is 5. The number of nitriles is 1. The summed E-state index contributed by atoms with van der Waals surface area (Å²) in [6, 6.07) is 2.09. The Morgan fingerprint density at radius 1 is 1.42 bits per heavy atom. The predicted octanol–water partition coefficient (Wildman–Crippen LogP) is 2.44. The highest BCUT2D eigenvalue weighted by Gasteiger charge is 2.33. The maximum atomic E-state index is 12.8. The summed E-state index contributed by atoms with van der Waals surface area (Å²) in [7, 11) is 0. The van der Waals surface area contributed by atoms with Crippen molar-refractivity contribution in [1.29, 1.82) is 5.26 Å². The monoisotopic (exact) mass is 281 g/mol. The highest BCUT2D eigenvalue weighted by molar-refractivity contribution is 5.38. The summed E-state index contributed by atoms with van der Waals surface area (Å²) in [5, 5.41) is 8.53. The van der Waals surface area contributed by atoms with Crippen LogP contribution < -0.4 is 10.5 Å². The molecule has 0 aliphatic rings. The van der Waals surface area contributed by atoms with Crippen LogP contribution in [0, 0.1) is 11.3 Å². The minimum absolute atomic E-state index is 0.172. The van der Waals surface area contributed by atoms with Gasteiger partial charge in [-0.15, -0.1) is 13.2 Å². The van der Waals surface area contributed by atoms with E-state index in [2.05, 4.69) is 9.72 Å². The maximum Gasteiger partial charge on any atom is 0.574 e. The number of pyridine rings is 1. The molecule has 1 heterocycles. The van der Waals surface area contributed by atoms with Gasteiger partial charge in [0.1, 0.15) is 0 Å². The normalized spacial score (nSPS) is 11.5. The summed E-state index contributed by atoms with van der Waals surface area (Å²) in [6.07, 6.45) is -8.53. The fourth-order valence-electron chi connectivity index (χ4n) is 1.44. The third-order valence-corrected chi connectivity index (χ3v) is 2.13. The van der Waals surface area contributed by atoms with Crippen LogP contribution >= 0.6 is 0 Å². The fraction of sp³-hybridized carbons (Fsp3) is 0.400. The predicted molar refractivity (Wildman–Crippen MR) is 53.1 cm³/mol. The van der Waals surface area contributed by atoms with Gasteiger partial charge in [-0.25, -0.2) is 13.8 Å². The Morgan fingerprint density at radius 2 is 2.05 bits per heavy atom. The van der Waals surface area contributed by atoms with Crippen molar-refractivity contribution in [2.75, 3.05) is 0 Å². The molecule has 0 amide bonds. The van der Waals surface area contributed by atoms with Crippen molar-refractivity contribution in [1.82, 2.24) is 4.98 Å². The van der Waals surface area contributed by atoms with E-state index >= 15 is 0 Å². The van der Waals surface area contributed by atoms with Gasteiger partial charge in [0, 0.05) is 18.2 Å². The van der Waals surface area contributed by atoms with Gasteiger partial charge in [0.05, 0.1) is 18.2 Å². The number of hydrogen-bond acceptors (Lipinski definition) is 4. The van der Waals surface area contributed by atoms with Crippen LogP contribution in [-0.4, -0.2) is 11.3 Å². The molecule has 0 aliphatic carbocycles. The zero-order chi connectivity index (χ0) is 14.6.